The van der Waals surface area contributed by atoms with Gasteiger partial charge in [0.15, 0.2) is 0 Å². The molecular formula is C10H8N2OS. The van der Waals surface area contributed by atoms with Gasteiger partial charge in [0, 0.05) is 10.1 Å². The molecule has 0 amide bonds. The maximum atomic E-state index is 8.86. The van der Waals surface area contributed by atoms with Gasteiger partial charge in [0.05, 0.1) is 17.7 Å². The second-order valence-corrected chi connectivity index (χ2v) is 3.93. The van der Waals surface area contributed by atoms with Crippen LogP contribution in [0.4, 0.5) is 5.00 Å². The lowest BCUT2D eigenvalue weighted by Gasteiger charge is -2.02. The predicted molar refractivity (Wildman–Crippen MR) is 57.5 cm³/mol. The number of ether oxygens (including phenoxy) is 1. The molecule has 0 saturated heterocycles. The highest BCUT2D eigenvalue weighted by molar-refractivity contribution is 7.22. The molecule has 0 radical (unpaired) electrons. The van der Waals surface area contributed by atoms with Crippen molar-refractivity contribution in [3.63, 3.8) is 0 Å². The standard InChI is InChI=1S/C10H8N2OS/c1-13-10-6(5-11)2-3-8-7(10)4-9(12)14-8/h2-4H,12H2,1H3. The smallest absolute Gasteiger partial charge is 0.145 e. The molecule has 0 aliphatic rings. The summed E-state index contributed by atoms with van der Waals surface area (Å²) in [6, 6.07) is 7.55. The molecule has 2 rings (SSSR count). The lowest BCUT2D eigenvalue weighted by atomic mass is 10.1. The molecule has 0 atom stereocenters. The Morgan fingerprint density at radius 1 is 1.50 bits per heavy atom. The minimum absolute atomic E-state index is 0.540. The van der Waals surface area contributed by atoms with Crippen molar-refractivity contribution in [3.05, 3.63) is 23.8 Å². The Morgan fingerprint density at radius 3 is 2.93 bits per heavy atom. The van der Waals surface area contributed by atoms with Crippen LogP contribution < -0.4 is 10.5 Å². The zero-order valence-electron chi connectivity index (χ0n) is 7.57. The third-order valence-electron chi connectivity index (χ3n) is 2.00. The summed E-state index contributed by atoms with van der Waals surface area (Å²) >= 11 is 1.49. The van der Waals surface area contributed by atoms with E-state index in [1.54, 1.807) is 13.2 Å². The maximum absolute atomic E-state index is 8.86. The summed E-state index contributed by atoms with van der Waals surface area (Å²) in [5.41, 5.74) is 6.23. The molecule has 0 aliphatic carbocycles. The minimum atomic E-state index is 0.540. The fourth-order valence-corrected chi connectivity index (χ4v) is 2.24. The van der Waals surface area contributed by atoms with Crippen molar-refractivity contribution in [1.82, 2.24) is 0 Å². The number of hydrogen-bond donors (Lipinski definition) is 1. The monoisotopic (exact) mass is 204 g/mol. The second-order valence-electron chi connectivity index (χ2n) is 2.82. The quantitative estimate of drug-likeness (QED) is 0.775. The number of nitrogens with zero attached hydrogens (tertiary/aromatic N) is 1. The van der Waals surface area contributed by atoms with Gasteiger partial charge < -0.3 is 10.5 Å². The normalized spacial score (nSPS) is 10.0. The number of rotatable bonds is 1. The summed E-state index contributed by atoms with van der Waals surface area (Å²) in [5.74, 6) is 0.609. The third kappa shape index (κ3) is 1.19. The van der Waals surface area contributed by atoms with Gasteiger partial charge in [0.2, 0.25) is 0 Å². The molecule has 0 bridgehead atoms. The summed E-state index contributed by atoms with van der Waals surface area (Å²) in [6.45, 7) is 0. The van der Waals surface area contributed by atoms with Gasteiger partial charge >= 0.3 is 0 Å². The van der Waals surface area contributed by atoms with Crippen molar-refractivity contribution in [2.75, 3.05) is 12.8 Å². The van der Waals surface area contributed by atoms with Crippen LogP contribution in [-0.4, -0.2) is 7.11 Å². The first-order valence-electron chi connectivity index (χ1n) is 4.02. The number of methoxy groups -OCH3 is 1. The number of hydrogen-bond acceptors (Lipinski definition) is 4. The van der Waals surface area contributed by atoms with Crippen LogP contribution in [0, 0.1) is 11.3 Å². The first-order chi connectivity index (χ1) is 6.76. The zero-order valence-corrected chi connectivity index (χ0v) is 8.39. The average Bonchev–Trinajstić information content (AvgIpc) is 2.56. The van der Waals surface area contributed by atoms with Crippen LogP contribution in [0.2, 0.25) is 0 Å². The van der Waals surface area contributed by atoms with Crippen LogP contribution in [0.15, 0.2) is 18.2 Å². The van der Waals surface area contributed by atoms with Crippen molar-refractivity contribution in [2.45, 2.75) is 0 Å². The highest BCUT2D eigenvalue weighted by Gasteiger charge is 2.09. The van der Waals surface area contributed by atoms with Gasteiger partial charge in [0.25, 0.3) is 0 Å². The summed E-state index contributed by atoms with van der Waals surface area (Å²) in [7, 11) is 1.56. The summed E-state index contributed by atoms with van der Waals surface area (Å²) in [6.07, 6.45) is 0. The number of nitriles is 1. The molecule has 4 heteroatoms. The van der Waals surface area contributed by atoms with Gasteiger partial charge in [0.1, 0.15) is 11.8 Å². The number of nitrogen functional groups attached to an aromatic ring is 1. The number of anilines is 1. The molecule has 2 aromatic rings. The molecule has 3 nitrogen and oxygen atoms in total. The Morgan fingerprint density at radius 2 is 2.29 bits per heavy atom. The Labute approximate surface area is 85.3 Å². The molecule has 0 unspecified atom stereocenters. The Balaban J connectivity index is 2.84. The summed E-state index contributed by atoms with van der Waals surface area (Å²) in [4.78, 5) is 0. The second kappa shape index (κ2) is 3.20. The molecule has 1 aromatic heterocycles. The van der Waals surface area contributed by atoms with Crippen LogP contribution in [0.25, 0.3) is 10.1 Å². The van der Waals surface area contributed by atoms with E-state index in [1.165, 1.54) is 11.3 Å². The molecule has 14 heavy (non-hydrogen) atoms. The fourth-order valence-electron chi connectivity index (χ4n) is 1.41. The molecule has 0 spiro atoms. The van der Waals surface area contributed by atoms with Crippen molar-refractivity contribution < 1.29 is 4.74 Å². The Bertz CT molecular complexity index is 525. The van der Waals surface area contributed by atoms with Crippen LogP contribution in [0.5, 0.6) is 5.75 Å². The average molecular weight is 204 g/mol. The highest BCUT2D eigenvalue weighted by atomic mass is 32.1. The van der Waals surface area contributed by atoms with E-state index in [9.17, 15) is 0 Å². The topological polar surface area (TPSA) is 59.0 Å². The molecule has 1 heterocycles. The van der Waals surface area contributed by atoms with Crippen molar-refractivity contribution in [2.24, 2.45) is 0 Å². The molecule has 0 aliphatic heterocycles. The number of nitrogens with two attached hydrogens (primary N) is 1. The molecule has 2 N–H and O–H groups in total. The third-order valence-corrected chi connectivity index (χ3v) is 2.92. The van der Waals surface area contributed by atoms with Gasteiger partial charge in [-0.1, -0.05) is 0 Å². The van der Waals surface area contributed by atoms with E-state index in [1.807, 2.05) is 12.1 Å². The number of thiophene rings is 1. The van der Waals surface area contributed by atoms with E-state index in [4.69, 9.17) is 15.7 Å². The van der Waals surface area contributed by atoms with E-state index in [-0.39, 0.29) is 0 Å². The number of fused-ring (bicyclic) bond motifs is 1. The van der Waals surface area contributed by atoms with Gasteiger partial charge in [-0.25, -0.2) is 0 Å². The Kier molecular flexibility index (Phi) is 2.02. The molecule has 1 aromatic carbocycles. The maximum Gasteiger partial charge on any atom is 0.145 e. The van der Waals surface area contributed by atoms with Crippen molar-refractivity contribution in [3.8, 4) is 11.8 Å². The fraction of sp³-hybridized carbons (Fsp3) is 0.100. The van der Waals surface area contributed by atoms with Crippen molar-refractivity contribution in [1.29, 1.82) is 5.26 Å². The molecular weight excluding hydrogens is 196 g/mol. The predicted octanol–water partition coefficient (Wildman–Crippen LogP) is 2.36. The van der Waals surface area contributed by atoms with Crippen molar-refractivity contribution >= 4 is 26.4 Å². The first kappa shape index (κ1) is 8.85. The van der Waals surface area contributed by atoms with E-state index in [2.05, 4.69) is 6.07 Å². The molecule has 70 valence electrons. The van der Waals surface area contributed by atoms with Crippen LogP contribution in [0.3, 0.4) is 0 Å². The van der Waals surface area contributed by atoms with Gasteiger partial charge in [-0.05, 0) is 18.2 Å². The molecule has 0 saturated carbocycles. The highest BCUT2D eigenvalue weighted by Crippen LogP contribution is 2.36. The van der Waals surface area contributed by atoms with E-state index < -0.39 is 0 Å². The first-order valence-corrected chi connectivity index (χ1v) is 4.84. The minimum Gasteiger partial charge on any atom is -0.495 e. The number of benzene rings is 1. The van der Waals surface area contributed by atoms with E-state index >= 15 is 0 Å². The van der Waals surface area contributed by atoms with Gasteiger partial charge in [-0.15, -0.1) is 11.3 Å². The van der Waals surface area contributed by atoms with E-state index in [0.29, 0.717) is 11.3 Å². The summed E-state index contributed by atoms with van der Waals surface area (Å²) in [5, 5.41) is 10.5. The SMILES string of the molecule is COc1c(C#N)ccc2sc(N)cc12. The largest absolute Gasteiger partial charge is 0.495 e. The van der Waals surface area contributed by atoms with Gasteiger partial charge in [-0.2, -0.15) is 5.26 Å². The summed E-state index contributed by atoms with van der Waals surface area (Å²) < 4.78 is 6.23. The van der Waals surface area contributed by atoms with Gasteiger partial charge in [-0.3, -0.25) is 0 Å². The lowest BCUT2D eigenvalue weighted by molar-refractivity contribution is 0.418. The van der Waals surface area contributed by atoms with E-state index in [0.717, 1.165) is 15.1 Å². The zero-order chi connectivity index (χ0) is 10.1. The lowest BCUT2D eigenvalue weighted by Crippen LogP contribution is -1.87. The molecule has 0 fully saturated rings. The van der Waals surface area contributed by atoms with Crippen LogP contribution in [-0.2, 0) is 0 Å². The van der Waals surface area contributed by atoms with Crippen LogP contribution in [0.1, 0.15) is 5.56 Å². The Hall–Kier alpha value is -1.73. The van der Waals surface area contributed by atoms with Crippen LogP contribution >= 0.6 is 11.3 Å².